The zero-order valence-corrected chi connectivity index (χ0v) is 13.9. The van der Waals surface area contributed by atoms with Gasteiger partial charge in [0.15, 0.2) is 0 Å². The van der Waals surface area contributed by atoms with Crippen molar-refractivity contribution in [2.75, 3.05) is 50.6 Å². The molecule has 3 rings (SSSR count). The summed E-state index contributed by atoms with van der Waals surface area (Å²) in [7, 11) is 3.92. The maximum Gasteiger partial charge on any atom is 0.228 e. The van der Waals surface area contributed by atoms with Crippen molar-refractivity contribution in [3.63, 3.8) is 0 Å². The molecule has 1 N–H and O–H groups in total. The van der Waals surface area contributed by atoms with Gasteiger partial charge in [0.2, 0.25) is 5.91 Å². The molecule has 0 saturated carbocycles. The third-order valence-electron chi connectivity index (χ3n) is 4.55. The van der Waals surface area contributed by atoms with E-state index in [4.69, 9.17) is 4.74 Å². The van der Waals surface area contributed by atoms with Crippen LogP contribution in [-0.2, 0) is 9.53 Å². The Hall–Kier alpha value is -1.89. The van der Waals surface area contributed by atoms with Crippen molar-refractivity contribution < 1.29 is 9.53 Å². The number of anilines is 2. The van der Waals surface area contributed by atoms with Gasteiger partial charge in [-0.1, -0.05) is 0 Å². The van der Waals surface area contributed by atoms with Gasteiger partial charge in [0.25, 0.3) is 0 Å². The number of amides is 1. The van der Waals surface area contributed by atoms with Crippen molar-refractivity contribution in [2.45, 2.75) is 25.3 Å². The zero-order chi connectivity index (χ0) is 16.2. The van der Waals surface area contributed by atoms with Crippen LogP contribution in [0.2, 0.25) is 0 Å². The minimum atomic E-state index is 0.0732. The summed E-state index contributed by atoms with van der Waals surface area (Å²) in [5, 5.41) is 3.46. The standard InChI is InChI=1S/C16H25N5O2/c1-20(2)15-9-14(17-11-18-15)19-13-3-6-21(7-4-13)16(22)12-5-8-23-10-12/h9,11-13H,3-8,10H2,1-2H3,(H,17,18,19). The molecule has 1 aromatic heterocycles. The van der Waals surface area contributed by atoms with E-state index < -0.39 is 0 Å². The van der Waals surface area contributed by atoms with Crippen LogP contribution in [-0.4, -0.2) is 67.2 Å². The van der Waals surface area contributed by atoms with Crippen molar-refractivity contribution in [2.24, 2.45) is 5.92 Å². The van der Waals surface area contributed by atoms with E-state index in [1.54, 1.807) is 6.33 Å². The highest BCUT2D eigenvalue weighted by molar-refractivity contribution is 5.79. The second kappa shape index (κ2) is 7.12. The minimum absolute atomic E-state index is 0.0732. The Labute approximate surface area is 137 Å². The van der Waals surface area contributed by atoms with Crippen LogP contribution < -0.4 is 10.2 Å². The molecule has 1 atom stereocenters. The van der Waals surface area contributed by atoms with E-state index in [-0.39, 0.29) is 11.8 Å². The van der Waals surface area contributed by atoms with Gasteiger partial charge < -0.3 is 19.9 Å². The lowest BCUT2D eigenvalue weighted by Crippen LogP contribution is -2.45. The topological polar surface area (TPSA) is 70.6 Å². The number of carbonyl (C=O) groups is 1. The van der Waals surface area contributed by atoms with Crippen molar-refractivity contribution >= 4 is 17.5 Å². The number of ether oxygens (including phenoxy) is 1. The van der Waals surface area contributed by atoms with Gasteiger partial charge in [0.1, 0.15) is 18.0 Å². The fourth-order valence-electron chi connectivity index (χ4n) is 3.11. The first-order valence-electron chi connectivity index (χ1n) is 8.26. The number of nitrogens with zero attached hydrogens (tertiary/aromatic N) is 4. The highest BCUT2D eigenvalue weighted by Gasteiger charge is 2.30. The molecular weight excluding hydrogens is 294 g/mol. The molecule has 0 aromatic carbocycles. The number of likely N-dealkylation sites (tertiary alicyclic amines) is 1. The second-order valence-electron chi connectivity index (χ2n) is 6.46. The lowest BCUT2D eigenvalue weighted by molar-refractivity contribution is -0.136. The lowest BCUT2D eigenvalue weighted by Gasteiger charge is -2.34. The van der Waals surface area contributed by atoms with Crippen molar-refractivity contribution in [3.05, 3.63) is 12.4 Å². The maximum absolute atomic E-state index is 12.4. The van der Waals surface area contributed by atoms with Gasteiger partial charge in [0.05, 0.1) is 12.5 Å². The molecule has 126 valence electrons. The summed E-state index contributed by atoms with van der Waals surface area (Å²) in [5.74, 6) is 2.07. The Morgan fingerprint density at radius 3 is 2.74 bits per heavy atom. The Balaban J connectivity index is 1.51. The van der Waals surface area contributed by atoms with E-state index in [0.717, 1.165) is 50.6 Å². The fourth-order valence-corrected chi connectivity index (χ4v) is 3.11. The van der Waals surface area contributed by atoms with Gasteiger partial charge in [0, 0.05) is 45.9 Å². The first-order chi connectivity index (χ1) is 11.1. The largest absolute Gasteiger partial charge is 0.381 e. The average Bonchev–Trinajstić information content (AvgIpc) is 3.09. The van der Waals surface area contributed by atoms with E-state index in [0.29, 0.717) is 12.6 Å². The molecule has 0 aliphatic carbocycles. The first kappa shape index (κ1) is 16.0. The number of hydrogen-bond acceptors (Lipinski definition) is 6. The molecule has 1 amide bonds. The summed E-state index contributed by atoms with van der Waals surface area (Å²) in [4.78, 5) is 24.8. The third kappa shape index (κ3) is 3.90. The Kier molecular flexibility index (Phi) is 4.95. The van der Waals surface area contributed by atoms with Crippen LogP contribution in [0.5, 0.6) is 0 Å². The van der Waals surface area contributed by atoms with Crippen LogP contribution in [0, 0.1) is 5.92 Å². The van der Waals surface area contributed by atoms with Crippen LogP contribution in [0.4, 0.5) is 11.6 Å². The van der Waals surface area contributed by atoms with Crippen LogP contribution in [0.25, 0.3) is 0 Å². The molecule has 0 radical (unpaired) electrons. The molecule has 0 bridgehead atoms. The molecule has 23 heavy (non-hydrogen) atoms. The SMILES string of the molecule is CN(C)c1cc(NC2CCN(C(=O)C3CCOC3)CC2)ncn1. The fraction of sp³-hybridized carbons (Fsp3) is 0.688. The molecule has 7 heteroatoms. The zero-order valence-electron chi connectivity index (χ0n) is 13.9. The Bertz CT molecular complexity index is 537. The number of rotatable bonds is 4. The molecule has 1 aromatic rings. The van der Waals surface area contributed by atoms with Gasteiger partial charge in [-0.2, -0.15) is 0 Å². The second-order valence-corrected chi connectivity index (χ2v) is 6.46. The average molecular weight is 319 g/mol. The van der Waals surface area contributed by atoms with E-state index in [9.17, 15) is 4.79 Å². The normalized spacial score (nSPS) is 22.2. The van der Waals surface area contributed by atoms with E-state index in [2.05, 4.69) is 15.3 Å². The van der Waals surface area contributed by atoms with Crippen LogP contribution >= 0.6 is 0 Å². The number of piperidine rings is 1. The number of hydrogen-bond donors (Lipinski definition) is 1. The van der Waals surface area contributed by atoms with Gasteiger partial charge in [-0.15, -0.1) is 0 Å². The number of aromatic nitrogens is 2. The third-order valence-corrected chi connectivity index (χ3v) is 4.55. The van der Waals surface area contributed by atoms with Crippen LogP contribution in [0.15, 0.2) is 12.4 Å². The molecule has 2 fully saturated rings. The van der Waals surface area contributed by atoms with E-state index in [1.807, 2.05) is 30.0 Å². The minimum Gasteiger partial charge on any atom is -0.381 e. The molecule has 3 heterocycles. The Morgan fingerprint density at radius 2 is 2.09 bits per heavy atom. The number of carbonyl (C=O) groups excluding carboxylic acids is 1. The molecular formula is C16H25N5O2. The molecule has 7 nitrogen and oxygen atoms in total. The molecule has 1 unspecified atom stereocenters. The molecule has 2 saturated heterocycles. The smallest absolute Gasteiger partial charge is 0.228 e. The van der Waals surface area contributed by atoms with Gasteiger partial charge >= 0.3 is 0 Å². The summed E-state index contributed by atoms with van der Waals surface area (Å²) in [5.41, 5.74) is 0. The van der Waals surface area contributed by atoms with Crippen molar-refractivity contribution in [3.8, 4) is 0 Å². The molecule has 0 spiro atoms. The summed E-state index contributed by atoms with van der Waals surface area (Å²) in [6, 6.07) is 2.30. The summed E-state index contributed by atoms with van der Waals surface area (Å²) in [6.07, 6.45) is 4.34. The molecule has 2 aliphatic rings. The monoisotopic (exact) mass is 319 g/mol. The number of nitrogens with one attached hydrogen (secondary N) is 1. The van der Waals surface area contributed by atoms with E-state index >= 15 is 0 Å². The lowest BCUT2D eigenvalue weighted by atomic mass is 10.0. The summed E-state index contributed by atoms with van der Waals surface area (Å²) in [6.45, 7) is 2.92. The highest BCUT2D eigenvalue weighted by Crippen LogP contribution is 2.21. The quantitative estimate of drug-likeness (QED) is 0.892. The predicted octanol–water partition coefficient (Wildman–Crippen LogP) is 0.982. The van der Waals surface area contributed by atoms with Crippen molar-refractivity contribution in [1.29, 1.82) is 0 Å². The summed E-state index contributed by atoms with van der Waals surface area (Å²) >= 11 is 0. The first-order valence-corrected chi connectivity index (χ1v) is 8.26. The summed E-state index contributed by atoms with van der Waals surface area (Å²) < 4.78 is 5.32. The Morgan fingerprint density at radius 1 is 1.30 bits per heavy atom. The molecule has 2 aliphatic heterocycles. The highest BCUT2D eigenvalue weighted by atomic mass is 16.5. The van der Waals surface area contributed by atoms with Gasteiger partial charge in [-0.05, 0) is 19.3 Å². The van der Waals surface area contributed by atoms with Crippen LogP contribution in [0.1, 0.15) is 19.3 Å². The van der Waals surface area contributed by atoms with Crippen LogP contribution in [0.3, 0.4) is 0 Å². The predicted molar refractivity (Wildman–Crippen MR) is 88.5 cm³/mol. The maximum atomic E-state index is 12.4. The van der Waals surface area contributed by atoms with Gasteiger partial charge in [-0.25, -0.2) is 9.97 Å². The van der Waals surface area contributed by atoms with Crippen molar-refractivity contribution in [1.82, 2.24) is 14.9 Å². The van der Waals surface area contributed by atoms with Gasteiger partial charge in [-0.3, -0.25) is 4.79 Å². The van der Waals surface area contributed by atoms with E-state index in [1.165, 1.54) is 0 Å².